The molecule has 0 aliphatic heterocycles. The molecule has 22 heteroatoms. The first-order valence-electron chi connectivity index (χ1n) is 19.7. The molecule has 6 amide bonds. The number of hydrogen-bond acceptors (Lipinski definition) is 12. The zero-order valence-corrected chi connectivity index (χ0v) is 34.0. The van der Waals surface area contributed by atoms with Crippen LogP contribution in [0.15, 0.2) is 85.1 Å². The average molecular weight is 886 g/mol. The van der Waals surface area contributed by atoms with Crippen LogP contribution in [0.2, 0.25) is 0 Å². The Morgan fingerprint density at radius 3 is 1.83 bits per heavy atom. The van der Waals surface area contributed by atoms with Crippen LogP contribution < -0.4 is 43.2 Å². The highest BCUT2D eigenvalue weighted by Gasteiger charge is 2.29. The number of aliphatic carboxylic acids is 4. The lowest BCUT2D eigenvalue weighted by atomic mass is 10.0. The molecule has 0 spiro atoms. The van der Waals surface area contributed by atoms with E-state index in [4.69, 9.17) is 10.9 Å². The van der Waals surface area contributed by atoms with E-state index in [0.29, 0.717) is 5.56 Å². The Balaban J connectivity index is 1.34. The number of unbranched alkanes of at least 4 members (excludes halogenated alkanes) is 1. The number of aromatic nitrogens is 1. The number of nitrogens with one attached hydrogen (secondary N) is 7. The molecule has 1 heterocycles. The van der Waals surface area contributed by atoms with Gasteiger partial charge in [-0.25, -0.2) is 30.0 Å². The third-order valence-electron chi connectivity index (χ3n) is 9.59. The second kappa shape index (κ2) is 23.7. The van der Waals surface area contributed by atoms with Crippen LogP contribution in [0.4, 0.5) is 10.6 Å². The number of nitrogens with two attached hydrogens (primary N) is 1. The Labute approximate surface area is 364 Å². The average Bonchev–Trinajstić information content (AvgIpc) is 3.27. The predicted octanol–water partition coefficient (Wildman–Crippen LogP) is 0.718. The Morgan fingerprint density at radius 1 is 0.594 bits per heavy atom. The summed E-state index contributed by atoms with van der Waals surface area (Å²) in [4.78, 5) is 114. The summed E-state index contributed by atoms with van der Waals surface area (Å²) in [5, 5.41) is 53.5. The van der Waals surface area contributed by atoms with Gasteiger partial charge in [0, 0.05) is 37.7 Å². The van der Waals surface area contributed by atoms with E-state index in [1.54, 1.807) is 0 Å². The van der Waals surface area contributed by atoms with Gasteiger partial charge in [0.25, 0.3) is 17.7 Å². The van der Waals surface area contributed by atoms with Crippen molar-refractivity contribution in [3.8, 4) is 0 Å². The highest BCUT2D eigenvalue weighted by atomic mass is 16.4. The molecule has 0 saturated heterocycles. The second-order valence-corrected chi connectivity index (χ2v) is 14.3. The lowest BCUT2D eigenvalue weighted by molar-refractivity contribution is -0.144. The molecule has 0 fully saturated rings. The maximum atomic E-state index is 13.6. The normalized spacial score (nSPS) is 12.6. The van der Waals surface area contributed by atoms with E-state index in [1.165, 1.54) is 36.4 Å². The minimum absolute atomic E-state index is 0.0155. The molecule has 0 saturated carbocycles. The minimum atomic E-state index is -1.94. The standard InChI is InChI=1S/C42H47N9O13/c43-51-32-16-14-28(22-45-32)36(55)50-34(41(62)63)38(57)46-21-23-8-12-26(13-9-23)35(54)47-31(20-24-10-11-25-5-1-2-6-27(25)19-24)37(56)44-18-4-3-7-29(39(58)59)48-42(64)49-30(40(60)61)15-17-33(52)53/h1-2,5-6,8-14,16,19,22,29-31,34H,3-4,7,15,17-18,20-21,43H2,(H,44,56)(H,45,51)(H,46,57)(H,47,54)(H,50,55)(H,52,53)(H,58,59)(H,60,61)(H,62,63)(H2,48,49,64). The summed E-state index contributed by atoms with van der Waals surface area (Å²) < 4.78 is 0. The first-order chi connectivity index (χ1) is 30.5. The van der Waals surface area contributed by atoms with Crippen molar-refractivity contribution in [1.29, 1.82) is 0 Å². The molecular weight excluding hydrogens is 839 g/mol. The van der Waals surface area contributed by atoms with E-state index >= 15 is 0 Å². The van der Waals surface area contributed by atoms with Crippen LogP contribution in [-0.2, 0) is 41.7 Å². The summed E-state index contributed by atoms with van der Waals surface area (Å²) in [6.07, 6.45) is 0.623. The Kier molecular flexibility index (Phi) is 18.0. The first-order valence-corrected chi connectivity index (χ1v) is 19.7. The third kappa shape index (κ3) is 15.1. The van der Waals surface area contributed by atoms with Gasteiger partial charge in [-0.15, -0.1) is 0 Å². The summed E-state index contributed by atoms with van der Waals surface area (Å²) >= 11 is 0. The van der Waals surface area contributed by atoms with E-state index in [-0.39, 0.29) is 55.7 Å². The number of carbonyl (C=O) groups is 9. The van der Waals surface area contributed by atoms with Crippen LogP contribution in [0.25, 0.3) is 10.8 Å². The Morgan fingerprint density at radius 2 is 1.22 bits per heavy atom. The van der Waals surface area contributed by atoms with Gasteiger partial charge in [-0.3, -0.25) is 24.0 Å². The van der Waals surface area contributed by atoms with Crippen LogP contribution in [0.1, 0.15) is 63.9 Å². The van der Waals surface area contributed by atoms with Gasteiger partial charge in [0.2, 0.25) is 11.9 Å². The maximum Gasteiger partial charge on any atom is 0.336 e. The van der Waals surface area contributed by atoms with Crippen molar-refractivity contribution in [3.63, 3.8) is 0 Å². The molecule has 22 nitrogen and oxygen atoms in total. The van der Waals surface area contributed by atoms with Gasteiger partial charge in [-0.2, -0.15) is 0 Å². The molecule has 4 unspecified atom stereocenters. The lowest BCUT2D eigenvalue weighted by Crippen LogP contribution is -2.51. The van der Waals surface area contributed by atoms with Gasteiger partial charge in [-0.05, 0) is 71.8 Å². The molecule has 64 heavy (non-hydrogen) atoms. The topological polar surface area (TPSA) is 358 Å². The van der Waals surface area contributed by atoms with Gasteiger partial charge in [-0.1, -0.05) is 54.6 Å². The number of carboxylic acids is 4. The van der Waals surface area contributed by atoms with Crippen molar-refractivity contribution < 1.29 is 63.6 Å². The molecule has 338 valence electrons. The van der Waals surface area contributed by atoms with E-state index in [9.17, 15) is 58.5 Å². The monoisotopic (exact) mass is 885 g/mol. The van der Waals surface area contributed by atoms with Crippen LogP contribution in [0.5, 0.6) is 0 Å². The molecule has 4 rings (SSSR count). The molecule has 4 aromatic rings. The summed E-state index contributed by atoms with van der Waals surface area (Å²) in [5.41, 5.74) is 3.63. The number of nitrogens with zero attached hydrogens (tertiary/aromatic N) is 1. The van der Waals surface area contributed by atoms with Crippen molar-refractivity contribution in [2.24, 2.45) is 5.84 Å². The quantitative estimate of drug-likeness (QED) is 0.0200. The van der Waals surface area contributed by atoms with E-state index in [1.807, 2.05) is 42.5 Å². The predicted molar refractivity (Wildman–Crippen MR) is 226 cm³/mol. The number of fused-ring (bicyclic) bond motifs is 1. The van der Waals surface area contributed by atoms with Gasteiger partial charge >= 0.3 is 29.9 Å². The molecule has 0 aliphatic rings. The fraction of sp³-hybridized carbons (Fsp3) is 0.286. The van der Waals surface area contributed by atoms with Crippen LogP contribution >= 0.6 is 0 Å². The van der Waals surface area contributed by atoms with Gasteiger partial charge in [0.1, 0.15) is 23.9 Å². The van der Waals surface area contributed by atoms with Gasteiger partial charge < -0.3 is 57.8 Å². The lowest BCUT2D eigenvalue weighted by Gasteiger charge is -2.20. The van der Waals surface area contributed by atoms with Crippen molar-refractivity contribution >= 4 is 70.1 Å². The molecule has 1 aromatic heterocycles. The number of amides is 6. The summed E-state index contributed by atoms with van der Waals surface area (Å²) in [7, 11) is 0. The summed E-state index contributed by atoms with van der Waals surface area (Å²) in [6, 6.07) is 14.7. The SMILES string of the molecule is NNc1ccc(C(=O)NC(C(=O)O)C(=O)NCc2ccc(C(=O)NC(Cc3ccc4ccccc4c3)C(=O)NCCCCC(NC(=O)NC(CCC(=O)O)C(=O)O)C(=O)O)cc2)cn1. The van der Waals surface area contributed by atoms with Crippen LogP contribution in [0.3, 0.4) is 0 Å². The number of hydrazine groups is 1. The highest BCUT2D eigenvalue weighted by molar-refractivity contribution is 6.07. The van der Waals surface area contributed by atoms with Crippen LogP contribution in [-0.4, -0.2) is 110 Å². The van der Waals surface area contributed by atoms with Crippen molar-refractivity contribution in [1.82, 2.24) is 36.9 Å². The minimum Gasteiger partial charge on any atom is -0.481 e. The number of urea groups is 1. The zero-order valence-electron chi connectivity index (χ0n) is 34.0. The van der Waals surface area contributed by atoms with E-state index in [2.05, 4.69) is 42.3 Å². The Bertz CT molecular complexity index is 2340. The number of pyridine rings is 1. The molecule has 4 atom stereocenters. The third-order valence-corrected chi connectivity index (χ3v) is 9.59. The number of rotatable bonds is 24. The Hall–Kier alpha value is -8.14. The largest absolute Gasteiger partial charge is 0.481 e. The number of anilines is 1. The number of nitrogen functional groups attached to an aromatic ring is 1. The first kappa shape index (κ1) is 48.5. The highest BCUT2D eigenvalue weighted by Crippen LogP contribution is 2.17. The van der Waals surface area contributed by atoms with E-state index < -0.39 is 90.5 Å². The number of carbonyl (C=O) groups excluding carboxylic acids is 5. The summed E-state index contributed by atoms with van der Waals surface area (Å²) in [5.74, 6) is -3.30. The van der Waals surface area contributed by atoms with Crippen molar-refractivity contribution in [2.75, 3.05) is 12.0 Å². The molecule has 0 aliphatic carbocycles. The zero-order chi connectivity index (χ0) is 46.8. The second-order valence-electron chi connectivity index (χ2n) is 14.3. The van der Waals surface area contributed by atoms with Gasteiger partial charge in [0.15, 0.2) is 0 Å². The van der Waals surface area contributed by atoms with Crippen molar-refractivity contribution in [2.45, 2.75) is 69.2 Å². The molecule has 13 N–H and O–H groups in total. The molecular formula is C42H47N9O13. The number of benzene rings is 3. The number of hydrogen-bond donors (Lipinski definition) is 12. The van der Waals surface area contributed by atoms with Crippen molar-refractivity contribution in [3.05, 3.63) is 107 Å². The fourth-order valence-corrected chi connectivity index (χ4v) is 6.13. The number of carboxylic acid groups (broad SMARTS) is 4. The van der Waals surface area contributed by atoms with E-state index in [0.717, 1.165) is 22.5 Å². The van der Waals surface area contributed by atoms with Gasteiger partial charge in [0.05, 0.1) is 5.56 Å². The molecule has 0 radical (unpaired) electrons. The van der Waals surface area contributed by atoms with Crippen LogP contribution in [0, 0.1) is 0 Å². The maximum absolute atomic E-state index is 13.6. The fourth-order valence-electron chi connectivity index (χ4n) is 6.13. The molecule has 3 aromatic carbocycles. The summed E-state index contributed by atoms with van der Waals surface area (Å²) in [6.45, 7) is -0.108. The molecule has 0 bridgehead atoms. The smallest absolute Gasteiger partial charge is 0.336 e.